The van der Waals surface area contributed by atoms with Crippen LogP contribution in [0.1, 0.15) is 23.0 Å². The van der Waals surface area contributed by atoms with Crippen molar-refractivity contribution in [3.8, 4) is 0 Å². The van der Waals surface area contributed by atoms with Gasteiger partial charge in [-0.1, -0.05) is 23.7 Å². The largest absolute Gasteiger partial charge is 0.287 e. The Bertz CT molecular complexity index is 565. The molecule has 0 atom stereocenters. The number of aromatic nitrogens is 2. The number of rotatable bonds is 3. The van der Waals surface area contributed by atoms with Crippen molar-refractivity contribution in [3.63, 3.8) is 0 Å². The zero-order valence-electron chi connectivity index (χ0n) is 9.15. The van der Waals surface area contributed by atoms with Gasteiger partial charge in [0.25, 0.3) is 0 Å². The van der Waals surface area contributed by atoms with Crippen LogP contribution in [0.2, 0.25) is 5.02 Å². The first-order chi connectivity index (χ1) is 8.15. The number of nitrogens with zero attached hydrogens (tertiary/aromatic N) is 2. The molecule has 0 saturated heterocycles. The first kappa shape index (κ1) is 12.6. The van der Waals surface area contributed by atoms with Gasteiger partial charge < -0.3 is 0 Å². The highest BCUT2D eigenvalue weighted by Gasteiger charge is 2.19. The molecule has 0 saturated carbocycles. The molecule has 0 unspecified atom stereocenters. The van der Waals surface area contributed by atoms with Crippen LogP contribution in [0.25, 0.3) is 0 Å². The maximum absolute atomic E-state index is 12.4. The normalized spacial score (nSPS) is 10.5. The van der Waals surface area contributed by atoms with E-state index in [1.54, 1.807) is 10.7 Å². The molecule has 3 nitrogen and oxygen atoms in total. The number of ketones is 1. The standard InChI is InChI=1S/C12H10ClIN2O/c1-2-16-11(9(13)7-15-16)12(17)8-5-3-4-6-10(8)14/h3-7H,2H2,1H3. The van der Waals surface area contributed by atoms with Gasteiger partial charge in [0.05, 0.1) is 11.2 Å². The van der Waals surface area contributed by atoms with Crippen molar-refractivity contribution in [3.05, 3.63) is 50.3 Å². The predicted octanol–water partition coefficient (Wildman–Crippen LogP) is 3.39. The summed E-state index contributed by atoms with van der Waals surface area (Å²) in [7, 11) is 0. The average Bonchev–Trinajstić information content (AvgIpc) is 2.70. The highest BCUT2D eigenvalue weighted by Crippen LogP contribution is 2.22. The van der Waals surface area contributed by atoms with E-state index in [9.17, 15) is 4.79 Å². The number of aryl methyl sites for hydroxylation is 1. The van der Waals surface area contributed by atoms with Crippen LogP contribution in [-0.4, -0.2) is 15.6 Å². The van der Waals surface area contributed by atoms with Crippen molar-refractivity contribution < 1.29 is 4.79 Å². The van der Waals surface area contributed by atoms with Crippen molar-refractivity contribution in [2.45, 2.75) is 13.5 Å². The van der Waals surface area contributed by atoms with Gasteiger partial charge in [-0.15, -0.1) is 0 Å². The monoisotopic (exact) mass is 360 g/mol. The predicted molar refractivity (Wildman–Crippen MR) is 75.5 cm³/mol. The number of carbonyl (C=O) groups excluding carboxylic acids is 1. The van der Waals surface area contributed by atoms with Gasteiger partial charge in [-0.25, -0.2) is 0 Å². The smallest absolute Gasteiger partial charge is 0.213 e. The zero-order chi connectivity index (χ0) is 12.4. The molecule has 0 aliphatic rings. The zero-order valence-corrected chi connectivity index (χ0v) is 12.1. The minimum atomic E-state index is -0.0839. The van der Waals surface area contributed by atoms with Crippen molar-refractivity contribution in [1.29, 1.82) is 0 Å². The molecule has 0 spiro atoms. The average molecular weight is 361 g/mol. The first-order valence-corrected chi connectivity index (χ1v) is 6.61. The van der Waals surface area contributed by atoms with Gasteiger partial charge in [-0.05, 0) is 41.6 Å². The Labute approximate surface area is 118 Å². The Balaban J connectivity index is 2.51. The van der Waals surface area contributed by atoms with Gasteiger partial charge in [-0.2, -0.15) is 5.10 Å². The molecule has 0 radical (unpaired) electrons. The molecule has 2 aromatic rings. The van der Waals surface area contributed by atoms with E-state index in [2.05, 4.69) is 27.7 Å². The van der Waals surface area contributed by atoms with Crippen LogP contribution < -0.4 is 0 Å². The van der Waals surface area contributed by atoms with Crippen LogP contribution in [0.5, 0.6) is 0 Å². The Morgan fingerprint density at radius 1 is 1.47 bits per heavy atom. The second-order valence-corrected chi connectivity index (χ2v) is 5.04. The molecular formula is C12H10ClIN2O. The summed E-state index contributed by atoms with van der Waals surface area (Å²) in [6.07, 6.45) is 1.51. The Morgan fingerprint density at radius 3 is 2.82 bits per heavy atom. The Morgan fingerprint density at radius 2 is 2.18 bits per heavy atom. The van der Waals surface area contributed by atoms with Crippen molar-refractivity contribution in [1.82, 2.24) is 9.78 Å². The lowest BCUT2D eigenvalue weighted by molar-refractivity contribution is 0.102. The van der Waals surface area contributed by atoms with Gasteiger partial charge in [0.15, 0.2) is 0 Å². The fourth-order valence-corrected chi connectivity index (χ4v) is 2.46. The Hall–Kier alpha value is -0.880. The molecule has 0 bridgehead atoms. The molecule has 0 fully saturated rings. The summed E-state index contributed by atoms with van der Waals surface area (Å²) >= 11 is 8.16. The molecule has 88 valence electrons. The number of carbonyl (C=O) groups is 1. The first-order valence-electron chi connectivity index (χ1n) is 5.15. The molecule has 17 heavy (non-hydrogen) atoms. The highest BCUT2D eigenvalue weighted by molar-refractivity contribution is 14.1. The molecule has 0 amide bonds. The summed E-state index contributed by atoms with van der Waals surface area (Å²) in [6.45, 7) is 2.55. The molecule has 0 aliphatic carbocycles. The molecule has 1 heterocycles. The van der Waals surface area contributed by atoms with Crippen molar-refractivity contribution in [2.24, 2.45) is 0 Å². The van der Waals surface area contributed by atoms with Crippen molar-refractivity contribution in [2.75, 3.05) is 0 Å². The molecule has 5 heteroatoms. The second-order valence-electron chi connectivity index (χ2n) is 3.47. The van der Waals surface area contributed by atoms with E-state index in [-0.39, 0.29) is 5.78 Å². The lowest BCUT2D eigenvalue weighted by atomic mass is 10.1. The third kappa shape index (κ3) is 2.37. The van der Waals surface area contributed by atoms with E-state index >= 15 is 0 Å². The molecule has 0 aliphatic heterocycles. The van der Waals surface area contributed by atoms with E-state index in [0.717, 1.165) is 3.57 Å². The summed E-state index contributed by atoms with van der Waals surface area (Å²) < 4.78 is 2.53. The SMILES string of the molecule is CCn1ncc(Cl)c1C(=O)c1ccccc1I. The topological polar surface area (TPSA) is 34.9 Å². The lowest BCUT2D eigenvalue weighted by Gasteiger charge is -2.06. The van der Waals surface area contributed by atoms with E-state index in [1.165, 1.54) is 6.20 Å². The van der Waals surface area contributed by atoms with Crippen LogP contribution in [0.4, 0.5) is 0 Å². The summed E-state index contributed by atoms with van der Waals surface area (Å²) in [5, 5.41) is 4.47. The van der Waals surface area contributed by atoms with Crippen LogP contribution in [-0.2, 0) is 6.54 Å². The third-order valence-corrected chi connectivity index (χ3v) is 3.65. The quantitative estimate of drug-likeness (QED) is 0.621. The maximum Gasteiger partial charge on any atom is 0.213 e. The van der Waals surface area contributed by atoms with Crippen LogP contribution >= 0.6 is 34.2 Å². The number of hydrogen-bond acceptors (Lipinski definition) is 2. The maximum atomic E-state index is 12.4. The third-order valence-electron chi connectivity index (χ3n) is 2.43. The molecule has 1 aromatic carbocycles. The Kier molecular flexibility index (Phi) is 3.83. The molecule has 1 aromatic heterocycles. The molecular weight excluding hydrogens is 351 g/mol. The van der Waals surface area contributed by atoms with Gasteiger partial charge >= 0.3 is 0 Å². The summed E-state index contributed by atoms with van der Waals surface area (Å²) in [6, 6.07) is 7.44. The number of halogens is 2. The van der Waals surface area contributed by atoms with Gasteiger partial charge in [0.1, 0.15) is 5.69 Å². The lowest BCUT2D eigenvalue weighted by Crippen LogP contribution is -2.12. The number of benzene rings is 1. The van der Waals surface area contributed by atoms with Crippen molar-refractivity contribution >= 4 is 40.0 Å². The molecule has 0 N–H and O–H groups in total. The molecule has 2 rings (SSSR count). The summed E-state index contributed by atoms with van der Waals surface area (Å²) in [5.41, 5.74) is 1.11. The van der Waals surface area contributed by atoms with E-state index in [4.69, 9.17) is 11.6 Å². The van der Waals surface area contributed by atoms with E-state index < -0.39 is 0 Å². The summed E-state index contributed by atoms with van der Waals surface area (Å²) in [5.74, 6) is -0.0839. The fraction of sp³-hybridized carbons (Fsp3) is 0.167. The van der Waals surface area contributed by atoms with E-state index in [0.29, 0.717) is 22.8 Å². The fourth-order valence-electron chi connectivity index (χ4n) is 1.60. The summed E-state index contributed by atoms with van der Waals surface area (Å²) in [4.78, 5) is 12.4. The van der Waals surface area contributed by atoms with Gasteiger partial charge in [0.2, 0.25) is 5.78 Å². The minimum Gasteiger partial charge on any atom is -0.287 e. The van der Waals surface area contributed by atoms with E-state index in [1.807, 2.05) is 25.1 Å². The van der Waals surface area contributed by atoms with Crippen LogP contribution in [0, 0.1) is 3.57 Å². The van der Waals surface area contributed by atoms with Gasteiger partial charge in [-0.3, -0.25) is 9.48 Å². The van der Waals surface area contributed by atoms with Gasteiger partial charge in [0, 0.05) is 15.7 Å². The number of hydrogen-bond donors (Lipinski definition) is 0. The highest BCUT2D eigenvalue weighted by atomic mass is 127. The van der Waals surface area contributed by atoms with Crippen LogP contribution in [0.15, 0.2) is 30.5 Å². The van der Waals surface area contributed by atoms with Crippen LogP contribution in [0.3, 0.4) is 0 Å². The second kappa shape index (κ2) is 5.18. The minimum absolute atomic E-state index is 0.0839.